The average Bonchev–Trinajstić information content (AvgIpc) is 3.19. The Labute approximate surface area is 222 Å². The van der Waals surface area contributed by atoms with Gasteiger partial charge in [0.15, 0.2) is 12.4 Å². The second-order valence-corrected chi connectivity index (χ2v) is 9.05. The Morgan fingerprint density at radius 1 is 0.795 bits per heavy atom. The molecule has 1 aliphatic rings. The molecule has 0 fully saturated rings. The summed E-state index contributed by atoms with van der Waals surface area (Å²) in [4.78, 5) is 74.1. The molecule has 0 spiro atoms. The number of ether oxygens (including phenoxy) is 2. The van der Waals surface area contributed by atoms with Gasteiger partial charge >= 0.3 is 11.9 Å². The zero-order valence-corrected chi connectivity index (χ0v) is 20.9. The van der Waals surface area contributed by atoms with Crippen LogP contribution in [0.4, 0.5) is 11.4 Å². The first-order valence-electron chi connectivity index (χ1n) is 11.8. The van der Waals surface area contributed by atoms with Crippen LogP contribution in [0.2, 0.25) is 0 Å². The second kappa shape index (κ2) is 11.1. The minimum Gasteiger partial charge on any atom is -0.462 e. The number of hydrogen-bond donors (Lipinski definition) is 0. The number of benzene rings is 3. The normalized spacial score (nSPS) is 12.3. The predicted octanol–water partition coefficient (Wildman–Crippen LogP) is 4.25. The van der Waals surface area contributed by atoms with Crippen LogP contribution in [0.1, 0.15) is 65.6 Å². The number of rotatable bonds is 9. The molecule has 0 N–H and O–H groups in total. The van der Waals surface area contributed by atoms with Crippen LogP contribution < -0.4 is 4.90 Å². The average molecular weight is 530 g/mol. The van der Waals surface area contributed by atoms with E-state index < -0.39 is 41.1 Å². The van der Waals surface area contributed by atoms with Gasteiger partial charge in [-0.25, -0.2) is 14.5 Å². The second-order valence-electron chi connectivity index (χ2n) is 9.05. The standard InChI is InChI=1S/C28H22N2O9/c1-16(2)14-38-27(34)18-5-8-20(9-6-18)29-25(32)22-12-7-19(13-23(22)26(29)33)28(35)39-15-24(31)17-3-10-21(11-4-17)30(36)37/h3-13,16H,14-15H2,1-2H3. The van der Waals surface area contributed by atoms with Crippen molar-refractivity contribution in [2.45, 2.75) is 13.8 Å². The Morgan fingerprint density at radius 2 is 1.36 bits per heavy atom. The maximum Gasteiger partial charge on any atom is 0.338 e. The van der Waals surface area contributed by atoms with Gasteiger partial charge < -0.3 is 9.47 Å². The zero-order valence-electron chi connectivity index (χ0n) is 20.9. The van der Waals surface area contributed by atoms with Crippen molar-refractivity contribution in [1.29, 1.82) is 0 Å². The summed E-state index contributed by atoms with van der Waals surface area (Å²) < 4.78 is 10.2. The Bertz CT molecular complexity index is 1490. The highest BCUT2D eigenvalue weighted by molar-refractivity contribution is 6.34. The molecule has 0 atom stereocenters. The number of amides is 2. The van der Waals surface area contributed by atoms with Crippen LogP contribution in [-0.2, 0) is 9.47 Å². The van der Waals surface area contributed by atoms with Crippen molar-refractivity contribution in [2.24, 2.45) is 5.92 Å². The van der Waals surface area contributed by atoms with Crippen molar-refractivity contribution < 1.29 is 38.4 Å². The molecule has 0 bridgehead atoms. The van der Waals surface area contributed by atoms with E-state index in [1.165, 1.54) is 54.6 Å². The molecule has 11 nitrogen and oxygen atoms in total. The molecule has 0 saturated carbocycles. The summed E-state index contributed by atoms with van der Waals surface area (Å²) in [6, 6.07) is 14.5. The molecule has 11 heteroatoms. The fourth-order valence-corrected chi connectivity index (χ4v) is 3.74. The summed E-state index contributed by atoms with van der Waals surface area (Å²) in [6.07, 6.45) is 0. The molecule has 0 saturated heterocycles. The lowest BCUT2D eigenvalue weighted by Crippen LogP contribution is -2.29. The van der Waals surface area contributed by atoms with Crippen molar-refractivity contribution in [3.8, 4) is 0 Å². The van der Waals surface area contributed by atoms with Crippen LogP contribution >= 0.6 is 0 Å². The maximum absolute atomic E-state index is 13.1. The van der Waals surface area contributed by atoms with Crippen molar-refractivity contribution in [2.75, 3.05) is 18.1 Å². The number of non-ortho nitro benzene ring substituents is 1. The van der Waals surface area contributed by atoms with E-state index in [-0.39, 0.29) is 51.7 Å². The lowest BCUT2D eigenvalue weighted by molar-refractivity contribution is -0.384. The third kappa shape index (κ3) is 5.72. The highest BCUT2D eigenvalue weighted by Crippen LogP contribution is 2.29. The minimum atomic E-state index is -0.893. The quantitative estimate of drug-likeness (QED) is 0.130. The fraction of sp³-hybridized carbons (Fsp3) is 0.179. The Hall–Kier alpha value is -5.19. The third-order valence-corrected chi connectivity index (χ3v) is 5.77. The molecule has 3 aromatic rings. The van der Waals surface area contributed by atoms with Gasteiger partial charge in [0.05, 0.1) is 39.5 Å². The summed E-state index contributed by atoms with van der Waals surface area (Å²) in [7, 11) is 0. The number of nitrogens with zero attached hydrogens (tertiary/aromatic N) is 2. The first kappa shape index (κ1) is 26.9. The Balaban J connectivity index is 1.43. The number of fused-ring (bicyclic) bond motifs is 1. The van der Waals surface area contributed by atoms with Crippen LogP contribution in [0.5, 0.6) is 0 Å². The lowest BCUT2D eigenvalue weighted by Gasteiger charge is -2.14. The van der Waals surface area contributed by atoms with E-state index in [4.69, 9.17) is 9.47 Å². The van der Waals surface area contributed by atoms with Gasteiger partial charge in [0.1, 0.15) is 0 Å². The summed E-state index contributed by atoms with van der Waals surface area (Å²) >= 11 is 0. The highest BCUT2D eigenvalue weighted by atomic mass is 16.6. The number of carbonyl (C=O) groups excluding carboxylic acids is 5. The molecule has 0 aromatic heterocycles. The van der Waals surface area contributed by atoms with Gasteiger partial charge in [-0.05, 0) is 60.5 Å². The van der Waals surface area contributed by atoms with E-state index in [0.29, 0.717) is 0 Å². The van der Waals surface area contributed by atoms with Gasteiger partial charge in [-0.1, -0.05) is 13.8 Å². The van der Waals surface area contributed by atoms with Crippen molar-refractivity contribution >= 4 is 40.9 Å². The number of nitro benzene ring substituents is 1. The van der Waals surface area contributed by atoms with Gasteiger partial charge in [0.25, 0.3) is 17.5 Å². The summed E-state index contributed by atoms with van der Waals surface area (Å²) in [5, 5.41) is 10.7. The Morgan fingerprint density at radius 3 is 1.97 bits per heavy atom. The monoisotopic (exact) mass is 530 g/mol. The van der Waals surface area contributed by atoms with E-state index >= 15 is 0 Å². The van der Waals surface area contributed by atoms with Gasteiger partial charge in [-0.2, -0.15) is 0 Å². The molecule has 1 heterocycles. The van der Waals surface area contributed by atoms with E-state index in [1.54, 1.807) is 0 Å². The maximum atomic E-state index is 13.1. The SMILES string of the molecule is CC(C)COC(=O)c1ccc(N2C(=O)c3ccc(C(=O)OCC(=O)c4ccc([N+](=O)[O-])cc4)cc3C2=O)cc1. The molecule has 0 unspecified atom stereocenters. The van der Waals surface area contributed by atoms with Crippen LogP contribution in [-0.4, -0.2) is 47.7 Å². The molecule has 39 heavy (non-hydrogen) atoms. The van der Waals surface area contributed by atoms with E-state index in [0.717, 1.165) is 17.0 Å². The lowest BCUT2D eigenvalue weighted by atomic mass is 10.1. The van der Waals surface area contributed by atoms with Gasteiger partial charge in [0.2, 0.25) is 0 Å². The highest BCUT2D eigenvalue weighted by Gasteiger charge is 2.37. The fourth-order valence-electron chi connectivity index (χ4n) is 3.74. The van der Waals surface area contributed by atoms with E-state index in [2.05, 4.69) is 0 Å². The topological polar surface area (TPSA) is 150 Å². The van der Waals surface area contributed by atoms with Crippen LogP contribution in [0.25, 0.3) is 0 Å². The predicted molar refractivity (Wildman–Crippen MR) is 137 cm³/mol. The molecule has 0 radical (unpaired) electrons. The number of carbonyl (C=O) groups is 5. The molecule has 198 valence electrons. The minimum absolute atomic E-state index is 0.0171. The number of nitro groups is 1. The van der Waals surface area contributed by atoms with Crippen LogP contribution in [0, 0.1) is 16.0 Å². The number of esters is 2. The van der Waals surface area contributed by atoms with Gasteiger partial charge in [0, 0.05) is 17.7 Å². The third-order valence-electron chi connectivity index (χ3n) is 5.77. The summed E-state index contributed by atoms with van der Waals surface area (Å²) in [5.74, 6) is -3.08. The van der Waals surface area contributed by atoms with Crippen molar-refractivity contribution in [3.63, 3.8) is 0 Å². The first-order valence-corrected chi connectivity index (χ1v) is 11.8. The smallest absolute Gasteiger partial charge is 0.338 e. The molecule has 2 amide bonds. The number of Topliss-reactive ketones (excluding diaryl/α,β-unsaturated/α-hetero) is 1. The van der Waals surface area contributed by atoms with Crippen molar-refractivity contribution in [3.05, 3.63) is 105 Å². The number of ketones is 1. The molecular weight excluding hydrogens is 508 g/mol. The number of imide groups is 1. The van der Waals surface area contributed by atoms with Crippen LogP contribution in [0.15, 0.2) is 66.7 Å². The number of hydrogen-bond acceptors (Lipinski definition) is 9. The van der Waals surface area contributed by atoms with Gasteiger partial charge in [-0.15, -0.1) is 0 Å². The Kier molecular flexibility index (Phi) is 7.61. The largest absolute Gasteiger partial charge is 0.462 e. The van der Waals surface area contributed by atoms with Gasteiger partial charge in [-0.3, -0.25) is 24.5 Å². The van der Waals surface area contributed by atoms with Crippen molar-refractivity contribution in [1.82, 2.24) is 0 Å². The number of anilines is 1. The van der Waals surface area contributed by atoms with Crippen LogP contribution in [0.3, 0.4) is 0 Å². The van der Waals surface area contributed by atoms with E-state index in [1.807, 2.05) is 13.8 Å². The zero-order chi connectivity index (χ0) is 28.3. The summed E-state index contributed by atoms with van der Waals surface area (Å²) in [6.45, 7) is 3.45. The molecular formula is C28H22N2O9. The molecule has 3 aromatic carbocycles. The molecule has 0 aliphatic carbocycles. The summed E-state index contributed by atoms with van der Waals surface area (Å²) in [5.41, 5.74) is 0.462. The molecule has 4 rings (SSSR count). The van der Waals surface area contributed by atoms with E-state index in [9.17, 15) is 34.1 Å². The first-order chi connectivity index (χ1) is 18.6. The molecule has 1 aliphatic heterocycles.